The maximum atomic E-state index is 17.0. The van der Waals surface area contributed by atoms with Gasteiger partial charge in [-0.05, 0) is 35.4 Å². The van der Waals surface area contributed by atoms with Crippen LogP contribution in [0.1, 0.15) is 44.5 Å². The Morgan fingerprint density at radius 1 is 0.442 bits per heavy atom. The third-order valence-corrected chi connectivity index (χ3v) is 7.78. The summed E-state index contributed by atoms with van der Waals surface area (Å²) in [6.07, 6.45) is -11.2. The molecule has 0 aromatic heterocycles. The number of allylic oxidation sites excluding steroid dienone is 8. The number of halogens is 12. The van der Waals surface area contributed by atoms with Crippen molar-refractivity contribution in [1.82, 2.24) is 0 Å². The Morgan fingerprint density at radius 2 is 0.712 bits per heavy atom. The minimum atomic E-state index is -5.61. The van der Waals surface area contributed by atoms with Crippen LogP contribution in [0.15, 0.2) is 35.4 Å². The lowest BCUT2D eigenvalue weighted by Crippen LogP contribution is -2.12. The molecule has 2 aliphatic rings. The van der Waals surface area contributed by atoms with E-state index in [-0.39, 0.29) is 24.3 Å². The highest BCUT2D eigenvalue weighted by molar-refractivity contribution is 6.30. The van der Waals surface area contributed by atoms with E-state index in [1.165, 1.54) is 36.4 Å². The third kappa shape index (κ3) is 5.10. The predicted octanol–water partition coefficient (Wildman–Crippen LogP) is 9.06. The largest absolute Gasteiger partial charge is 0.422 e. The standard InChI is InChI=1S/C34H4F12N6/c35-17-1-11(2-18(36)29(17)33(41,42)43)21-15(9-51)25-27(23(21)13(5-47)6-48)32(40)28-24(14(7-49)8-50)22(16(10-52)26(28)31(25)39)12-3-19(37)30(20(38)4-12)34(44,45)46/h1-4H. The summed E-state index contributed by atoms with van der Waals surface area (Å²) < 4.78 is 173. The van der Waals surface area contributed by atoms with Crippen molar-refractivity contribution in [3.8, 4) is 36.4 Å². The van der Waals surface area contributed by atoms with E-state index in [9.17, 15) is 75.5 Å². The molecule has 2 aliphatic carbocycles. The monoisotopic (exact) mass is 724 g/mol. The number of nitrogens with zero attached hydrogens (tertiary/aromatic N) is 6. The highest BCUT2D eigenvalue weighted by Crippen LogP contribution is 2.57. The SMILES string of the molecule is N#CC(C#N)=C1C(c2cc(F)c(C(F)(F)F)c(F)c2)=C(C#N)c2c(F)c3c(c(F)c21)C(=C(C#N)C#N)C(c1cc(F)c(C(F)(F)F)c(F)c1)=C3C#N. The quantitative estimate of drug-likeness (QED) is 0.191. The highest BCUT2D eigenvalue weighted by Gasteiger charge is 2.46. The van der Waals surface area contributed by atoms with Crippen molar-refractivity contribution < 1.29 is 52.7 Å². The zero-order valence-electron chi connectivity index (χ0n) is 24.5. The minimum absolute atomic E-state index is 0.0124. The summed E-state index contributed by atoms with van der Waals surface area (Å²) in [5.41, 5.74) is -21.2. The van der Waals surface area contributed by atoms with Crippen molar-refractivity contribution >= 4 is 33.4 Å². The normalized spacial score (nSPS) is 13.4. The van der Waals surface area contributed by atoms with Gasteiger partial charge in [-0.1, -0.05) is 0 Å². The Balaban J connectivity index is 2.01. The number of hydrogen-bond acceptors (Lipinski definition) is 6. The summed E-state index contributed by atoms with van der Waals surface area (Å²) in [5, 5.41) is 59.1. The van der Waals surface area contributed by atoms with Gasteiger partial charge in [-0.25, -0.2) is 26.3 Å². The molecule has 5 rings (SSSR count). The molecule has 0 aliphatic heterocycles. The minimum Gasteiger partial charge on any atom is -0.206 e. The molecule has 0 saturated carbocycles. The Bertz CT molecular complexity index is 2360. The molecule has 52 heavy (non-hydrogen) atoms. The molecule has 0 fully saturated rings. The molecule has 6 nitrogen and oxygen atoms in total. The summed E-state index contributed by atoms with van der Waals surface area (Å²) in [4.78, 5) is 0. The van der Waals surface area contributed by atoms with Gasteiger partial charge in [0.25, 0.3) is 0 Å². The number of hydrogen-bond donors (Lipinski definition) is 0. The summed E-state index contributed by atoms with van der Waals surface area (Å²) in [6, 6.07) is 7.69. The van der Waals surface area contributed by atoms with Crippen LogP contribution >= 0.6 is 0 Å². The summed E-state index contributed by atoms with van der Waals surface area (Å²) in [6.45, 7) is 0. The fourth-order valence-corrected chi connectivity index (χ4v) is 5.93. The van der Waals surface area contributed by atoms with Crippen molar-refractivity contribution in [2.75, 3.05) is 0 Å². The molecular formula is C34H4F12N6. The smallest absolute Gasteiger partial charge is 0.206 e. The average Bonchev–Trinajstić information content (AvgIpc) is 3.57. The number of benzene rings is 3. The third-order valence-electron chi connectivity index (χ3n) is 7.78. The van der Waals surface area contributed by atoms with Gasteiger partial charge in [0.15, 0.2) is 0 Å². The molecule has 0 amide bonds. The van der Waals surface area contributed by atoms with E-state index in [1.807, 2.05) is 0 Å². The molecule has 3 aromatic carbocycles. The van der Waals surface area contributed by atoms with Crippen LogP contribution in [0.5, 0.6) is 0 Å². The Hall–Kier alpha value is -7.28. The van der Waals surface area contributed by atoms with Gasteiger partial charge in [0.2, 0.25) is 0 Å². The van der Waals surface area contributed by atoms with Gasteiger partial charge in [-0.2, -0.15) is 57.9 Å². The van der Waals surface area contributed by atoms with Gasteiger partial charge >= 0.3 is 12.4 Å². The van der Waals surface area contributed by atoms with Crippen molar-refractivity contribution in [2.45, 2.75) is 12.4 Å². The van der Waals surface area contributed by atoms with Crippen molar-refractivity contribution in [3.05, 3.63) is 115 Å². The van der Waals surface area contributed by atoms with Crippen molar-refractivity contribution in [2.24, 2.45) is 0 Å². The van der Waals surface area contributed by atoms with E-state index in [0.717, 1.165) is 0 Å². The van der Waals surface area contributed by atoms with Gasteiger partial charge in [-0.3, -0.25) is 0 Å². The second kappa shape index (κ2) is 12.2. The molecule has 0 unspecified atom stereocenters. The average molecular weight is 724 g/mol. The number of rotatable bonds is 2. The lowest BCUT2D eigenvalue weighted by atomic mass is 9.88. The molecule has 0 heterocycles. The van der Waals surface area contributed by atoms with E-state index >= 15 is 8.78 Å². The lowest BCUT2D eigenvalue weighted by molar-refractivity contribution is -0.143. The molecule has 0 saturated heterocycles. The molecule has 0 radical (unpaired) electrons. The number of nitriles is 6. The first kappa shape index (κ1) is 36.0. The van der Waals surface area contributed by atoms with Gasteiger partial charge in [0.05, 0.1) is 11.1 Å². The van der Waals surface area contributed by atoms with Crippen LogP contribution in [0, 0.1) is 103 Å². The molecule has 0 spiro atoms. The maximum absolute atomic E-state index is 17.0. The van der Waals surface area contributed by atoms with Gasteiger partial charge < -0.3 is 0 Å². The Morgan fingerprint density at radius 3 is 0.942 bits per heavy atom. The Kier molecular flexibility index (Phi) is 8.48. The first-order valence-electron chi connectivity index (χ1n) is 13.4. The zero-order valence-corrected chi connectivity index (χ0v) is 24.5. The van der Waals surface area contributed by atoms with Crippen molar-refractivity contribution in [3.63, 3.8) is 0 Å². The van der Waals surface area contributed by atoms with Crippen LogP contribution in [-0.2, 0) is 12.4 Å². The molecule has 18 heteroatoms. The summed E-state index contributed by atoms with van der Waals surface area (Å²) in [5.74, 6) is -13.0. The van der Waals surface area contributed by atoms with Gasteiger partial charge in [0.1, 0.15) is 93.6 Å². The second-order valence-corrected chi connectivity index (χ2v) is 10.4. The van der Waals surface area contributed by atoms with Crippen molar-refractivity contribution in [1.29, 1.82) is 31.6 Å². The zero-order chi connectivity index (χ0) is 38.8. The van der Waals surface area contributed by atoms with E-state index in [2.05, 4.69) is 0 Å². The van der Waals surface area contributed by atoms with Crippen LogP contribution in [0.25, 0.3) is 33.4 Å². The summed E-state index contributed by atoms with van der Waals surface area (Å²) >= 11 is 0. The van der Waals surface area contributed by atoms with Crippen LogP contribution in [0.2, 0.25) is 0 Å². The number of alkyl halides is 6. The first-order valence-corrected chi connectivity index (χ1v) is 13.4. The van der Waals surface area contributed by atoms with Gasteiger partial charge in [0, 0.05) is 44.5 Å². The fraction of sp³-hybridized carbons (Fsp3) is 0.0588. The molecule has 254 valence electrons. The molecule has 0 bridgehead atoms. The lowest BCUT2D eigenvalue weighted by Gasteiger charge is -2.15. The highest BCUT2D eigenvalue weighted by atomic mass is 19.4. The van der Waals surface area contributed by atoms with E-state index in [4.69, 9.17) is 0 Å². The first-order chi connectivity index (χ1) is 24.3. The van der Waals surface area contributed by atoms with Gasteiger partial charge in [-0.15, -0.1) is 0 Å². The summed E-state index contributed by atoms with van der Waals surface area (Å²) in [7, 11) is 0. The van der Waals surface area contributed by atoms with Crippen LogP contribution in [0.3, 0.4) is 0 Å². The van der Waals surface area contributed by atoms with Crippen LogP contribution in [-0.4, -0.2) is 0 Å². The van der Waals surface area contributed by atoms with E-state index < -0.39 is 136 Å². The predicted molar refractivity (Wildman–Crippen MR) is 150 cm³/mol. The second-order valence-electron chi connectivity index (χ2n) is 10.4. The van der Waals surface area contributed by atoms with Crippen LogP contribution in [0.4, 0.5) is 52.7 Å². The topological polar surface area (TPSA) is 143 Å². The fourth-order valence-electron chi connectivity index (χ4n) is 5.93. The maximum Gasteiger partial charge on any atom is 0.422 e. The van der Waals surface area contributed by atoms with E-state index in [1.54, 1.807) is 0 Å². The number of fused-ring (bicyclic) bond motifs is 2. The molecule has 3 aromatic rings. The van der Waals surface area contributed by atoms with E-state index in [0.29, 0.717) is 0 Å². The Labute approximate surface area is 281 Å². The van der Waals surface area contributed by atoms with Crippen LogP contribution < -0.4 is 0 Å². The molecule has 0 N–H and O–H groups in total. The molecule has 0 atom stereocenters. The molecular weight excluding hydrogens is 720 g/mol.